The minimum atomic E-state index is -0.422. The minimum Gasteiger partial charge on any atom is -0.356 e. The average molecular weight is 379 g/mol. The summed E-state index contributed by atoms with van der Waals surface area (Å²) >= 11 is 1.37. The van der Waals surface area contributed by atoms with E-state index in [1.54, 1.807) is 12.1 Å². The quantitative estimate of drug-likeness (QED) is 0.493. The van der Waals surface area contributed by atoms with Gasteiger partial charge in [0.25, 0.3) is 5.69 Å². The summed E-state index contributed by atoms with van der Waals surface area (Å²) < 4.78 is 0. The number of benzene rings is 1. The van der Waals surface area contributed by atoms with Gasteiger partial charge in [0, 0.05) is 30.8 Å². The number of aromatic nitrogens is 2. The van der Waals surface area contributed by atoms with E-state index in [9.17, 15) is 15.4 Å². The largest absolute Gasteiger partial charge is 0.356 e. The number of anilines is 1. The Morgan fingerprint density at radius 2 is 1.89 bits per heavy atom. The van der Waals surface area contributed by atoms with E-state index in [-0.39, 0.29) is 5.69 Å². The molecule has 0 spiro atoms. The van der Waals surface area contributed by atoms with E-state index in [4.69, 9.17) is 4.98 Å². The van der Waals surface area contributed by atoms with Crippen LogP contribution in [0.5, 0.6) is 0 Å². The first-order valence-corrected chi connectivity index (χ1v) is 9.61. The van der Waals surface area contributed by atoms with Crippen molar-refractivity contribution in [2.24, 2.45) is 0 Å². The highest BCUT2D eigenvalue weighted by atomic mass is 32.1. The summed E-state index contributed by atoms with van der Waals surface area (Å²) in [5.74, 6) is 1.40. The molecule has 136 valence electrons. The molecular weight excluding hydrogens is 362 g/mol. The van der Waals surface area contributed by atoms with Crippen LogP contribution in [0, 0.1) is 28.4 Å². The van der Waals surface area contributed by atoms with Gasteiger partial charge in [-0.1, -0.05) is 0 Å². The second-order valence-corrected chi connectivity index (χ2v) is 7.57. The van der Waals surface area contributed by atoms with Crippen LogP contribution in [-0.4, -0.2) is 28.0 Å². The first-order chi connectivity index (χ1) is 13.1. The molecule has 1 aromatic carbocycles. The third-order valence-electron chi connectivity index (χ3n) is 4.86. The van der Waals surface area contributed by atoms with Crippen molar-refractivity contribution in [2.45, 2.75) is 26.2 Å². The lowest BCUT2D eigenvalue weighted by atomic mass is 10.1. The highest BCUT2D eigenvalue weighted by molar-refractivity contribution is 7.19. The van der Waals surface area contributed by atoms with Crippen molar-refractivity contribution in [3.8, 4) is 17.5 Å². The molecule has 0 amide bonds. The van der Waals surface area contributed by atoms with Crippen molar-refractivity contribution < 1.29 is 4.92 Å². The summed E-state index contributed by atoms with van der Waals surface area (Å²) in [6.07, 6.45) is 3.45. The maximum Gasteiger partial charge on any atom is 0.269 e. The SMILES string of the molecule is Cc1c(C#N)sc2nc(-c3ccc([N+](=O)[O-])cc3)nc(N3CCCCC3)c12. The lowest BCUT2D eigenvalue weighted by Crippen LogP contribution is -2.30. The Morgan fingerprint density at radius 1 is 1.19 bits per heavy atom. The molecule has 0 unspecified atom stereocenters. The predicted molar refractivity (Wildman–Crippen MR) is 105 cm³/mol. The van der Waals surface area contributed by atoms with Crippen LogP contribution in [0.3, 0.4) is 0 Å². The van der Waals surface area contributed by atoms with E-state index in [0.29, 0.717) is 10.7 Å². The topological polar surface area (TPSA) is 95.9 Å². The Bertz CT molecular complexity index is 1060. The van der Waals surface area contributed by atoms with Gasteiger partial charge < -0.3 is 4.90 Å². The molecular formula is C19H17N5O2S. The molecule has 7 nitrogen and oxygen atoms in total. The van der Waals surface area contributed by atoms with Gasteiger partial charge in [0.1, 0.15) is 21.6 Å². The Hall–Kier alpha value is -3.05. The van der Waals surface area contributed by atoms with Crippen molar-refractivity contribution in [3.05, 3.63) is 44.8 Å². The fourth-order valence-electron chi connectivity index (χ4n) is 3.42. The number of aryl methyl sites for hydroxylation is 1. The second kappa shape index (κ2) is 6.93. The van der Waals surface area contributed by atoms with E-state index in [2.05, 4.69) is 16.0 Å². The molecule has 1 aliphatic heterocycles. The molecule has 3 heterocycles. The number of hydrogen-bond donors (Lipinski definition) is 0. The van der Waals surface area contributed by atoms with Crippen LogP contribution in [0.1, 0.15) is 29.7 Å². The number of nitro groups is 1. The number of nitro benzene ring substituents is 1. The van der Waals surface area contributed by atoms with Crippen molar-refractivity contribution in [2.75, 3.05) is 18.0 Å². The molecule has 8 heteroatoms. The van der Waals surface area contributed by atoms with Crippen LogP contribution in [-0.2, 0) is 0 Å². The first-order valence-electron chi connectivity index (χ1n) is 8.79. The third kappa shape index (κ3) is 3.11. The maximum atomic E-state index is 10.9. The summed E-state index contributed by atoms with van der Waals surface area (Å²) in [5.41, 5.74) is 1.69. The highest BCUT2D eigenvalue weighted by Gasteiger charge is 2.22. The summed E-state index contributed by atoms with van der Waals surface area (Å²) in [6.45, 7) is 3.81. The van der Waals surface area contributed by atoms with Gasteiger partial charge in [-0.3, -0.25) is 10.1 Å². The van der Waals surface area contributed by atoms with Crippen LogP contribution >= 0.6 is 11.3 Å². The third-order valence-corrected chi connectivity index (χ3v) is 5.95. The Balaban J connectivity index is 1.89. The van der Waals surface area contributed by atoms with Crippen LogP contribution in [0.25, 0.3) is 21.6 Å². The van der Waals surface area contributed by atoms with E-state index >= 15 is 0 Å². The fourth-order valence-corrected chi connectivity index (χ4v) is 4.39. The number of fused-ring (bicyclic) bond motifs is 1. The number of nitrogens with zero attached hydrogens (tertiary/aromatic N) is 5. The van der Waals surface area contributed by atoms with Gasteiger partial charge in [0.2, 0.25) is 0 Å². The molecule has 1 fully saturated rings. The zero-order chi connectivity index (χ0) is 19.0. The Labute approximate surface area is 160 Å². The average Bonchev–Trinajstić information content (AvgIpc) is 3.04. The molecule has 0 atom stereocenters. The molecule has 4 rings (SSSR count). The lowest BCUT2D eigenvalue weighted by molar-refractivity contribution is -0.384. The van der Waals surface area contributed by atoms with Crippen molar-refractivity contribution in [1.82, 2.24) is 9.97 Å². The number of piperidine rings is 1. The standard InChI is InChI=1S/C19H17N5O2S/c1-12-15(11-20)27-19-16(12)18(23-9-3-2-4-10-23)21-17(22-19)13-5-7-14(8-6-13)24(25)26/h5-8H,2-4,9-10H2,1H3. The molecule has 1 aliphatic rings. The number of rotatable bonds is 3. The summed E-state index contributed by atoms with van der Waals surface area (Å²) in [4.78, 5) is 23.7. The van der Waals surface area contributed by atoms with E-state index < -0.39 is 4.92 Å². The Morgan fingerprint density at radius 3 is 2.52 bits per heavy atom. The van der Waals surface area contributed by atoms with Gasteiger partial charge in [0.05, 0.1) is 10.3 Å². The molecule has 1 saturated heterocycles. The van der Waals surface area contributed by atoms with Crippen LogP contribution < -0.4 is 4.90 Å². The molecule has 0 bridgehead atoms. The van der Waals surface area contributed by atoms with Crippen molar-refractivity contribution in [1.29, 1.82) is 5.26 Å². The molecule has 2 aromatic heterocycles. The van der Waals surface area contributed by atoms with Crippen LogP contribution in [0.2, 0.25) is 0 Å². The van der Waals surface area contributed by atoms with Gasteiger partial charge in [0.15, 0.2) is 5.82 Å². The molecule has 0 N–H and O–H groups in total. The smallest absolute Gasteiger partial charge is 0.269 e. The van der Waals surface area contributed by atoms with E-state index in [0.717, 1.165) is 53.1 Å². The van der Waals surface area contributed by atoms with Gasteiger partial charge >= 0.3 is 0 Å². The second-order valence-electron chi connectivity index (χ2n) is 6.57. The summed E-state index contributed by atoms with van der Waals surface area (Å²) in [6, 6.07) is 8.52. The highest BCUT2D eigenvalue weighted by Crippen LogP contribution is 2.37. The number of non-ortho nitro benzene ring substituents is 1. The van der Waals surface area contributed by atoms with Gasteiger partial charge in [-0.15, -0.1) is 11.3 Å². The van der Waals surface area contributed by atoms with Gasteiger partial charge in [-0.2, -0.15) is 5.26 Å². The molecule has 0 saturated carbocycles. The monoisotopic (exact) mass is 379 g/mol. The molecule has 27 heavy (non-hydrogen) atoms. The summed E-state index contributed by atoms with van der Waals surface area (Å²) in [7, 11) is 0. The number of thiophene rings is 1. The normalized spacial score (nSPS) is 14.3. The maximum absolute atomic E-state index is 10.9. The van der Waals surface area contributed by atoms with Crippen molar-refractivity contribution in [3.63, 3.8) is 0 Å². The predicted octanol–water partition coefficient (Wildman–Crippen LogP) is 4.44. The first kappa shape index (κ1) is 17.4. The van der Waals surface area contributed by atoms with Gasteiger partial charge in [-0.05, 0) is 43.9 Å². The van der Waals surface area contributed by atoms with Gasteiger partial charge in [-0.25, -0.2) is 9.97 Å². The molecule has 0 aliphatic carbocycles. The summed E-state index contributed by atoms with van der Waals surface area (Å²) in [5, 5.41) is 21.3. The van der Waals surface area contributed by atoms with Crippen LogP contribution in [0.15, 0.2) is 24.3 Å². The van der Waals surface area contributed by atoms with Crippen molar-refractivity contribution >= 4 is 33.1 Å². The molecule has 0 radical (unpaired) electrons. The van der Waals surface area contributed by atoms with E-state index in [1.807, 2.05) is 6.92 Å². The number of nitriles is 1. The minimum absolute atomic E-state index is 0.0369. The fraction of sp³-hybridized carbons (Fsp3) is 0.316. The number of hydrogen-bond acceptors (Lipinski definition) is 7. The zero-order valence-electron chi connectivity index (χ0n) is 14.8. The lowest BCUT2D eigenvalue weighted by Gasteiger charge is -2.28. The van der Waals surface area contributed by atoms with Crippen LogP contribution in [0.4, 0.5) is 11.5 Å². The molecule has 3 aromatic rings. The van der Waals surface area contributed by atoms with E-state index in [1.165, 1.54) is 29.9 Å². The Kier molecular flexibility index (Phi) is 4.46. The zero-order valence-corrected chi connectivity index (χ0v) is 15.6.